The first-order valence-corrected chi connectivity index (χ1v) is 6.32. The minimum absolute atomic E-state index is 0.123. The topological polar surface area (TPSA) is 41.1 Å². The smallest absolute Gasteiger partial charge is 0.222 e. The van der Waals surface area contributed by atoms with Crippen LogP contribution in [0.5, 0.6) is 0 Å². The van der Waals surface area contributed by atoms with Gasteiger partial charge >= 0.3 is 0 Å². The zero-order valence-corrected chi connectivity index (χ0v) is 10.7. The monoisotopic (exact) mass is 252 g/mol. The molecule has 4 heteroatoms. The van der Waals surface area contributed by atoms with E-state index in [1.165, 1.54) is 0 Å². The van der Waals surface area contributed by atoms with E-state index in [2.05, 4.69) is 10.6 Å². The Balaban J connectivity index is 2.03. The molecule has 0 saturated carbocycles. The number of benzene rings is 1. The Morgan fingerprint density at radius 1 is 1.47 bits per heavy atom. The normalized spacial score (nSPS) is 20.6. The molecule has 1 fully saturated rings. The van der Waals surface area contributed by atoms with Gasteiger partial charge in [-0.05, 0) is 37.5 Å². The highest BCUT2D eigenvalue weighted by molar-refractivity contribution is 6.31. The summed E-state index contributed by atoms with van der Waals surface area (Å²) < 4.78 is 0. The van der Waals surface area contributed by atoms with Crippen molar-refractivity contribution in [2.24, 2.45) is 0 Å². The van der Waals surface area contributed by atoms with E-state index in [0.29, 0.717) is 6.42 Å². The summed E-state index contributed by atoms with van der Waals surface area (Å²) in [4.78, 5) is 11.4. The average Bonchev–Trinajstić information content (AvgIpc) is 2.48. The summed E-state index contributed by atoms with van der Waals surface area (Å²) >= 11 is 6.07. The summed E-state index contributed by atoms with van der Waals surface area (Å²) in [6.07, 6.45) is 2.55. The molecule has 3 nitrogen and oxygen atoms in total. The second kappa shape index (κ2) is 5.41. The lowest BCUT2D eigenvalue weighted by Gasteiger charge is -2.17. The van der Waals surface area contributed by atoms with E-state index in [1.807, 2.05) is 25.1 Å². The van der Waals surface area contributed by atoms with Crippen molar-refractivity contribution in [1.82, 2.24) is 5.32 Å². The molecule has 1 unspecified atom stereocenters. The molecule has 2 rings (SSSR count). The van der Waals surface area contributed by atoms with Crippen molar-refractivity contribution in [3.63, 3.8) is 0 Å². The van der Waals surface area contributed by atoms with Gasteiger partial charge in [0.25, 0.3) is 0 Å². The van der Waals surface area contributed by atoms with Crippen LogP contribution in [-0.4, -0.2) is 18.5 Å². The van der Waals surface area contributed by atoms with Gasteiger partial charge in [-0.1, -0.05) is 17.7 Å². The van der Waals surface area contributed by atoms with Crippen LogP contribution in [-0.2, 0) is 4.79 Å². The Kier molecular flexibility index (Phi) is 3.89. The summed E-state index contributed by atoms with van der Waals surface area (Å²) in [6.45, 7) is 2.76. The van der Waals surface area contributed by atoms with Crippen LogP contribution in [0.1, 0.15) is 24.8 Å². The van der Waals surface area contributed by atoms with Crippen molar-refractivity contribution < 1.29 is 4.79 Å². The van der Waals surface area contributed by atoms with Crippen LogP contribution < -0.4 is 10.6 Å². The largest absolute Gasteiger partial charge is 0.382 e. The summed E-state index contributed by atoms with van der Waals surface area (Å²) in [7, 11) is 0. The molecule has 0 bridgehead atoms. The van der Waals surface area contributed by atoms with Gasteiger partial charge in [0.2, 0.25) is 5.91 Å². The lowest BCUT2D eigenvalue weighted by molar-refractivity contribution is -0.120. The number of nitrogens with one attached hydrogen (secondary N) is 2. The second-order valence-corrected chi connectivity index (χ2v) is 4.91. The molecule has 0 spiro atoms. The molecule has 1 heterocycles. The Morgan fingerprint density at radius 2 is 2.29 bits per heavy atom. The van der Waals surface area contributed by atoms with Gasteiger partial charge in [-0.15, -0.1) is 0 Å². The molecular formula is C13H17ClN2O. The van der Waals surface area contributed by atoms with Crippen molar-refractivity contribution in [3.8, 4) is 0 Å². The van der Waals surface area contributed by atoms with Crippen LogP contribution in [0.4, 0.5) is 5.69 Å². The van der Waals surface area contributed by atoms with Crippen LogP contribution in [0.15, 0.2) is 18.2 Å². The van der Waals surface area contributed by atoms with Crippen molar-refractivity contribution in [2.45, 2.75) is 32.2 Å². The number of hydrogen-bond acceptors (Lipinski definition) is 2. The number of halogens is 1. The third-order valence-corrected chi connectivity index (χ3v) is 3.43. The highest BCUT2D eigenvalue weighted by Gasteiger charge is 2.17. The average molecular weight is 253 g/mol. The van der Waals surface area contributed by atoms with Crippen molar-refractivity contribution in [1.29, 1.82) is 0 Å². The van der Waals surface area contributed by atoms with Crippen LogP contribution in [0.2, 0.25) is 5.02 Å². The van der Waals surface area contributed by atoms with Crippen LogP contribution in [0.3, 0.4) is 0 Å². The van der Waals surface area contributed by atoms with Gasteiger partial charge in [0.05, 0.1) is 0 Å². The minimum Gasteiger partial charge on any atom is -0.382 e. The first kappa shape index (κ1) is 12.2. The molecule has 0 aromatic heterocycles. The lowest BCUT2D eigenvalue weighted by atomic mass is 10.1. The predicted octanol–water partition coefficient (Wildman–Crippen LogP) is 2.73. The molecule has 1 amide bonds. The van der Waals surface area contributed by atoms with E-state index in [4.69, 9.17) is 11.6 Å². The number of carbonyl (C=O) groups is 1. The quantitative estimate of drug-likeness (QED) is 0.850. The van der Waals surface area contributed by atoms with Crippen molar-refractivity contribution in [2.75, 3.05) is 11.9 Å². The third kappa shape index (κ3) is 3.37. The maximum Gasteiger partial charge on any atom is 0.222 e. The first-order chi connectivity index (χ1) is 8.15. The number of amides is 1. The molecule has 92 valence electrons. The molecule has 17 heavy (non-hydrogen) atoms. The molecule has 1 aromatic carbocycles. The molecule has 1 aliphatic rings. The number of rotatable bonds is 2. The van der Waals surface area contributed by atoms with Gasteiger partial charge in [-0.25, -0.2) is 0 Å². The van der Waals surface area contributed by atoms with Crippen molar-refractivity contribution >= 4 is 23.2 Å². The molecule has 1 aliphatic heterocycles. The molecule has 0 radical (unpaired) electrons. The van der Waals surface area contributed by atoms with E-state index >= 15 is 0 Å². The van der Waals surface area contributed by atoms with E-state index in [1.54, 1.807) is 0 Å². The standard InChI is InChI=1S/C13H17ClN2O/c1-9-4-5-11(7-12(9)14)16-10-3-2-6-15-13(17)8-10/h4-5,7,10,16H,2-3,6,8H2,1H3,(H,15,17). The van der Waals surface area contributed by atoms with Gasteiger partial charge in [0.1, 0.15) is 0 Å². The SMILES string of the molecule is Cc1ccc(NC2CCCNC(=O)C2)cc1Cl. The molecule has 1 atom stereocenters. The van der Waals surface area contributed by atoms with E-state index in [0.717, 1.165) is 35.7 Å². The first-order valence-electron chi connectivity index (χ1n) is 5.94. The predicted molar refractivity (Wildman–Crippen MR) is 70.5 cm³/mol. The maximum absolute atomic E-state index is 11.4. The zero-order chi connectivity index (χ0) is 12.3. The number of carbonyl (C=O) groups excluding carboxylic acids is 1. The molecule has 1 saturated heterocycles. The van der Waals surface area contributed by atoms with Crippen LogP contribution in [0, 0.1) is 6.92 Å². The maximum atomic E-state index is 11.4. The molecular weight excluding hydrogens is 236 g/mol. The number of aryl methyl sites for hydroxylation is 1. The fourth-order valence-electron chi connectivity index (χ4n) is 2.02. The van der Waals surface area contributed by atoms with Gasteiger partial charge in [-0.3, -0.25) is 4.79 Å². The summed E-state index contributed by atoms with van der Waals surface area (Å²) in [5.41, 5.74) is 2.05. The zero-order valence-electron chi connectivity index (χ0n) is 9.92. The summed E-state index contributed by atoms with van der Waals surface area (Å²) in [6, 6.07) is 6.11. The molecule has 1 aromatic rings. The number of anilines is 1. The molecule has 0 aliphatic carbocycles. The summed E-state index contributed by atoms with van der Waals surface area (Å²) in [5, 5.41) is 7.01. The van der Waals surface area contributed by atoms with Gasteiger partial charge < -0.3 is 10.6 Å². The Labute approximate surface area is 107 Å². The summed E-state index contributed by atoms with van der Waals surface area (Å²) in [5.74, 6) is 0.123. The van der Waals surface area contributed by atoms with E-state index in [9.17, 15) is 4.79 Å². The molecule has 2 N–H and O–H groups in total. The van der Waals surface area contributed by atoms with Crippen LogP contribution >= 0.6 is 11.6 Å². The second-order valence-electron chi connectivity index (χ2n) is 4.50. The minimum atomic E-state index is 0.123. The highest BCUT2D eigenvalue weighted by atomic mass is 35.5. The lowest BCUT2D eigenvalue weighted by Crippen LogP contribution is -2.26. The highest BCUT2D eigenvalue weighted by Crippen LogP contribution is 2.22. The Hall–Kier alpha value is -1.22. The Morgan fingerprint density at radius 3 is 3.06 bits per heavy atom. The fraction of sp³-hybridized carbons (Fsp3) is 0.462. The third-order valence-electron chi connectivity index (χ3n) is 3.03. The fourth-order valence-corrected chi connectivity index (χ4v) is 2.20. The van der Waals surface area contributed by atoms with Gasteiger partial charge in [-0.2, -0.15) is 0 Å². The number of hydrogen-bond donors (Lipinski definition) is 2. The van der Waals surface area contributed by atoms with Crippen molar-refractivity contribution in [3.05, 3.63) is 28.8 Å². The Bertz CT molecular complexity index is 420. The van der Waals surface area contributed by atoms with Gasteiger partial charge in [0.15, 0.2) is 0 Å². The van der Waals surface area contributed by atoms with Gasteiger partial charge in [0, 0.05) is 29.7 Å². The van der Waals surface area contributed by atoms with E-state index < -0.39 is 0 Å². The van der Waals surface area contributed by atoms with Crippen LogP contribution in [0.25, 0.3) is 0 Å². The van der Waals surface area contributed by atoms with E-state index in [-0.39, 0.29) is 11.9 Å².